The third-order valence-electron chi connectivity index (χ3n) is 7.70. The molecule has 184 valence electrons. The molecule has 2 aromatic rings. The van der Waals surface area contributed by atoms with Crippen LogP contribution in [0.15, 0.2) is 48.5 Å². The topological polar surface area (TPSA) is 105 Å². The first-order valence-corrected chi connectivity index (χ1v) is 12.1. The van der Waals surface area contributed by atoms with Crippen LogP contribution in [0.1, 0.15) is 36.3 Å². The highest BCUT2D eigenvalue weighted by molar-refractivity contribution is 5.87. The lowest BCUT2D eigenvalue weighted by atomic mass is 9.79. The molecule has 0 spiro atoms. The molecule has 2 aromatic carbocycles. The molecule has 3 atom stereocenters. The first kappa shape index (κ1) is 23.4. The van der Waals surface area contributed by atoms with Gasteiger partial charge in [0.2, 0.25) is 5.91 Å². The smallest absolute Gasteiger partial charge is 0.407 e. The van der Waals surface area contributed by atoms with Crippen LogP contribution in [-0.2, 0) is 19.1 Å². The second-order valence-electron chi connectivity index (χ2n) is 9.60. The number of ether oxygens (including phenoxy) is 2. The van der Waals surface area contributed by atoms with Gasteiger partial charge in [-0.2, -0.15) is 0 Å². The van der Waals surface area contributed by atoms with E-state index in [4.69, 9.17) is 9.47 Å². The average Bonchev–Trinajstić information content (AvgIpc) is 3.41. The molecule has 8 nitrogen and oxygen atoms in total. The van der Waals surface area contributed by atoms with Crippen molar-refractivity contribution in [2.45, 2.75) is 37.3 Å². The molecule has 3 aliphatic rings. The van der Waals surface area contributed by atoms with Gasteiger partial charge in [0.05, 0.1) is 6.10 Å². The highest BCUT2D eigenvalue weighted by Gasteiger charge is 2.44. The third kappa shape index (κ3) is 4.38. The van der Waals surface area contributed by atoms with E-state index in [9.17, 15) is 19.5 Å². The SMILES string of the molecule is COC1CN(C(=O)C(NC(=O)OCC2c3ccccc3-c3ccccc32)C2CCC2)CC1C(=O)O. The van der Waals surface area contributed by atoms with Gasteiger partial charge in [0, 0.05) is 26.1 Å². The van der Waals surface area contributed by atoms with Crippen LogP contribution in [0.5, 0.6) is 0 Å². The van der Waals surface area contributed by atoms with Crippen molar-refractivity contribution in [2.24, 2.45) is 11.8 Å². The molecule has 2 aliphatic carbocycles. The fraction of sp³-hybridized carbons (Fsp3) is 0.444. The summed E-state index contributed by atoms with van der Waals surface area (Å²) in [5.41, 5.74) is 4.54. The Morgan fingerprint density at radius 3 is 2.17 bits per heavy atom. The number of carboxylic acids is 1. The molecule has 5 rings (SSSR count). The minimum absolute atomic E-state index is 0.0212. The molecular formula is C27H30N2O6. The Morgan fingerprint density at radius 2 is 1.66 bits per heavy atom. The van der Waals surface area contributed by atoms with E-state index < -0.39 is 30.1 Å². The minimum atomic E-state index is -0.989. The lowest BCUT2D eigenvalue weighted by molar-refractivity contribution is -0.144. The first-order valence-electron chi connectivity index (χ1n) is 12.1. The van der Waals surface area contributed by atoms with Gasteiger partial charge in [0.25, 0.3) is 0 Å². The van der Waals surface area contributed by atoms with Crippen molar-refractivity contribution in [3.63, 3.8) is 0 Å². The van der Waals surface area contributed by atoms with Gasteiger partial charge in [0.1, 0.15) is 18.6 Å². The Hall–Kier alpha value is -3.39. The molecule has 1 heterocycles. The Morgan fingerprint density at radius 1 is 1.03 bits per heavy atom. The van der Waals surface area contributed by atoms with Crippen LogP contribution in [0.4, 0.5) is 4.79 Å². The van der Waals surface area contributed by atoms with E-state index in [0.29, 0.717) is 0 Å². The average molecular weight is 479 g/mol. The zero-order valence-corrected chi connectivity index (χ0v) is 19.7. The molecular weight excluding hydrogens is 448 g/mol. The van der Waals surface area contributed by atoms with Gasteiger partial charge in [-0.25, -0.2) is 4.79 Å². The molecule has 1 aliphatic heterocycles. The van der Waals surface area contributed by atoms with Crippen molar-refractivity contribution in [1.82, 2.24) is 10.2 Å². The largest absolute Gasteiger partial charge is 0.481 e. The number of aliphatic carboxylic acids is 1. The molecule has 0 aromatic heterocycles. The molecule has 1 saturated carbocycles. The Balaban J connectivity index is 1.26. The molecule has 35 heavy (non-hydrogen) atoms. The molecule has 2 amide bonds. The number of fused-ring (bicyclic) bond motifs is 3. The van der Waals surface area contributed by atoms with Crippen molar-refractivity contribution in [3.05, 3.63) is 59.7 Å². The van der Waals surface area contributed by atoms with E-state index in [-0.39, 0.29) is 37.4 Å². The fourth-order valence-electron chi connectivity index (χ4n) is 5.55. The van der Waals surface area contributed by atoms with Crippen molar-refractivity contribution in [2.75, 3.05) is 26.8 Å². The van der Waals surface area contributed by atoms with Gasteiger partial charge in [0.15, 0.2) is 0 Å². The summed E-state index contributed by atoms with van der Waals surface area (Å²) in [5, 5.41) is 12.3. The summed E-state index contributed by atoms with van der Waals surface area (Å²) in [5.74, 6) is -2.08. The van der Waals surface area contributed by atoms with Crippen LogP contribution < -0.4 is 5.32 Å². The number of carbonyl (C=O) groups excluding carboxylic acids is 2. The molecule has 0 bridgehead atoms. The van der Waals surface area contributed by atoms with Crippen LogP contribution >= 0.6 is 0 Å². The van der Waals surface area contributed by atoms with E-state index in [1.54, 1.807) is 0 Å². The molecule has 2 fully saturated rings. The summed E-state index contributed by atoms with van der Waals surface area (Å²) in [6.07, 6.45) is 1.48. The van der Waals surface area contributed by atoms with Gasteiger partial charge < -0.3 is 24.8 Å². The standard InChI is InChI=1S/C27H30N2O6/c1-34-23-14-29(13-21(23)26(31)32)25(30)24(16-7-6-8-16)28-27(33)35-15-22-19-11-4-2-9-17(19)18-10-3-5-12-20(18)22/h2-5,9-12,16,21-24H,6-8,13-15H2,1H3,(H,28,33)(H,31,32). The van der Waals surface area contributed by atoms with Crippen molar-refractivity contribution < 1.29 is 29.0 Å². The maximum Gasteiger partial charge on any atom is 0.407 e. The maximum atomic E-state index is 13.3. The number of alkyl carbamates (subject to hydrolysis) is 1. The minimum Gasteiger partial charge on any atom is -0.481 e. The van der Waals surface area contributed by atoms with Gasteiger partial charge in [-0.15, -0.1) is 0 Å². The van der Waals surface area contributed by atoms with E-state index in [1.807, 2.05) is 24.3 Å². The normalized spacial score (nSPS) is 22.1. The number of hydrogen-bond donors (Lipinski definition) is 2. The Kier molecular flexibility index (Phi) is 6.47. The van der Waals surface area contributed by atoms with Gasteiger partial charge >= 0.3 is 12.1 Å². The van der Waals surface area contributed by atoms with E-state index >= 15 is 0 Å². The zero-order chi connectivity index (χ0) is 24.5. The number of nitrogens with one attached hydrogen (secondary N) is 1. The van der Waals surface area contributed by atoms with Crippen LogP contribution in [0, 0.1) is 11.8 Å². The number of carboxylic acid groups (broad SMARTS) is 1. The van der Waals surface area contributed by atoms with E-state index in [1.165, 1.54) is 12.0 Å². The predicted octanol–water partition coefficient (Wildman–Crippen LogP) is 3.25. The highest BCUT2D eigenvalue weighted by Crippen LogP contribution is 2.44. The monoisotopic (exact) mass is 478 g/mol. The summed E-state index contributed by atoms with van der Waals surface area (Å²) in [4.78, 5) is 39.3. The molecule has 3 unspecified atom stereocenters. The van der Waals surface area contributed by atoms with Crippen molar-refractivity contribution >= 4 is 18.0 Å². The quantitative estimate of drug-likeness (QED) is 0.633. The summed E-state index contributed by atoms with van der Waals surface area (Å²) >= 11 is 0. The molecule has 2 N–H and O–H groups in total. The van der Waals surface area contributed by atoms with Crippen molar-refractivity contribution in [3.8, 4) is 11.1 Å². The lowest BCUT2D eigenvalue weighted by Crippen LogP contribution is -2.53. The number of likely N-dealkylation sites (tertiary alicyclic amines) is 1. The van der Waals surface area contributed by atoms with Crippen molar-refractivity contribution in [1.29, 1.82) is 0 Å². The number of amides is 2. The van der Waals surface area contributed by atoms with E-state index in [2.05, 4.69) is 29.6 Å². The summed E-state index contributed by atoms with van der Waals surface area (Å²) in [6.45, 7) is 0.437. The maximum absolute atomic E-state index is 13.3. The Labute approximate surface area is 204 Å². The first-order chi connectivity index (χ1) is 17.0. The highest BCUT2D eigenvalue weighted by atomic mass is 16.5. The zero-order valence-electron chi connectivity index (χ0n) is 19.7. The third-order valence-corrected chi connectivity index (χ3v) is 7.70. The molecule has 0 radical (unpaired) electrons. The van der Waals surface area contributed by atoms with Crippen LogP contribution in [-0.4, -0.2) is 66.9 Å². The van der Waals surface area contributed by atoms with Gasteiger partial charge in [-0.1, -0.05) is 55.0 Å². The lowest BCUT2D eigenvalue weighted by Gasteiger charge is -2.35. The number of hydrogen-bond acceptors (Lipinski definition) is 5. The second kappa shape index (κ2) is 9.70. The van der Waals surface area contributed by atoms with Gasteiger partial charge in [-0.05, 0) is 41.0 Å². The van der Waals surface area contributed by atoms with Crippen LogP contribution in [0.25, 0.3) is 11.1 Å². The predicted molar refractivity (Wildman–Crippen MR) is 128 cm³/mol. The number of carbonyl (C=O) groups is 3. The van der Waals surface area contributed by atoms with E-state index in [0.717, 1.165) is 41.5 Å². The number of nitrogens with zero attached hydrogens (tertiary/aromatic N) is 1. The molecule has 1 saturated heterocycles. The fourth-order valence-corrected chi connectivity index (χ4v) is 5.55. The second-order valence-corrected chi connectivity index (χ2v) is 9.60. The van der Waals surface area contributed by atoms with Crippen LogP contribution in [0.3, 0.4) is 0 Å². The molecule has 8 heteroatoms. The van der Waals surface area contributed by atoms with Crippen LogP contribution in [0.2, 0.25) is 0 Å². The number of benzene rings is 2. The van der Waals surface area contributed by atoms with Gasteiger partial charge in [-0.3, -0.25) is 9.59 Å². The number of methoxy groups -OCH3 is 1. The summed E-state index contributed by atoms with van der Waals surface area (Å²) in [6, 6.07) is 15.5. The summed E-state index contributed by atoms with van der Waals surface area (Å²) in [7, 11) is 1.45. The summed E-state index contributed by atoms with van der Waals surface area (Å²) < 4.78 is 11.0. The Bertz CT molecular complexity index is 1080. The number of rotatable bonds is 7.